The molecule has 0 amide bonds. The number of nitrogens with zero attached hydrogens (tertiary/aromatic N) is 2. The maximum absolute atomic E-state index is 10.8. The van der Waals surface area contributed by atoms with E-state index in [1.165, 1.54) is 6.20 Å². The molecule has 1 aliphatic carbocycles. The number of anilines is 1. The lowest BCUT2D eigenvalue weighted by molar-refractivity contribution is -0.385. The summed E-state index contributed by atoms with van der Waals surface area (Å²) < 4.78 is 5.69. The fourth-order valence-corrected chi connectivity index (χ4v) is 2.61. The van der Waals surface area contributed by atoms with E-state index in [-0.39, 0.29) is 23.2 Å². The van der Waals surface area contributed by atoms with Gasteiger partial charge in [0.1, 0.15) is 12.0 Å². The average Bonchev–Trinajstić information content (AvgIpc) is 2.37. The van der Waals surface area contributed by atoms with Gasteiger partial charge >= 0.3 is 0 Å². The van der Waals surface area contributed by atoms with Crippen LogP contribution in [0.25, 0.3) is 0 Å². The first-order valence-electron chi connectivity index (χ1n) is 6.85. The molecule has 0 aliphatic heterocycles. The Bertz CT molecular complexity index is 516. The third-order valence-corrected chi connectivity index (χ3v) is 4.15. The van der Waals surface area contributed by atoms with Gasteiger partial charge < -0.3 is 10.1 Å². The predicted molar refractivity (Wildman–Crippen MR) is 76.9 cm³/mol. The van der Waals surface area contributed by atoms with Crippen LogP contribution in [0, 0.1) is 22.5 Å². The highest BCUT2D eigenvalue weighted by atomic mass is 16.6. The van der Waals surface area contributed by atoms with Crippen molar-refractivity contribution < 1.29 is 9.66 Å². The van der Waals surface area contributed by atoms with Crippen molar-refractivity contribution in [3.05, 3.63) is 27.9 Å². The molecule has 1 aliphatic rings. The third kappa shape index (κ3) is 2.60. The van der Waals surface area contributed by atoms with E-state index in [1.807, 2.05) is 6.92 Å². The molecule has 0 spiro atoms. The molecule has 2 atom stereocenters. The van der Waals surface area contributed by atoms with Crippen LogP contribution in [-0.4, -0.2) is 28.7 Å². The van der Waals surface area contributed by atoms with Crippen molar-refractivity contribution in [2.45, 2.75) is 46.3 Å². The molecule has 1 aromatic rings. The molecule has 1 N–H and O–H groups in total. The molecular weight excluding hydrogens is 258 g/mol. The van der Waals surface area contributed by atoms with Gasteiger partial charge in [0, 0.05) is 23.6 Å². The maximum atomic E-state index is 10.8. The number of rotatable bonds is 5. The Balaban J connectivity index is 2.05. The van der Waals surface area contributed by atoms with Crippen molar-refractivity contribution in [3.8, 4) is 0 Å². The molecule has 1 fully saturated rings. The summed E-state index contributed by atoms with van der Waals surface area (Å²) in [6.45, 7) is 8.76. The van der Waals surface area contributed by atoms with Crippen molar-refractivity contribution in [2.75, 3.05) is 11.9 Å². The van der Waals surface area contributed by atoms with Crippen molar-refractivity contribution in [3.63, 3.8) is 0 Å². The van der Waals surface area contributed by atoms with E-state index in [4.69, 9.17) is 4.74 Å². The van der Waals surface area contributed by atoms with Crippen molar-refractivity contribution >= 4 is 11.5 Å². The largest absolute Gasteiger partial charge is 0.378 e. The van der Waals surface area contributed by atoms with Gasteiger partial charge in [-0.3, -0.25) is 10.1 Å². The number of nitro groups is 1. The lowest BCUT2D eigenvalue weighted by Gasteiger charge is -2.51. The molecule has 20 heavy (non-hydrogen) atoms. The molecule has 6 heteroatoms. The third-order valence-electron chi connectivity index (χ3n) is 4.15. The Morgan fingerprint density at radius 2 is 2.30 bits per heavy atom. The highest BCUT2D eigenvalue weighted by Crippen LogP contribution is 2.44. The molecule has 0 bridgehead atoms. The second-order valence-corrected chi connectivity index (χ2v) is 5.81. The summed E-state index contributed by atoms with van der Waals surface area (Å²) in [6.07, 6.45) is 2.49. The highest BCUT2D eigenvalue weighted by Gasteiger charge is 2.49. The van der Waals surface area contributed by atoms with Gasteiger partial charge in [-0.1, -0.05) is 13.8 Å². The highest BCUT2D eigenvalue weighted by molar-refractivity contribution is 5.48. The van der Waals surface area contributed by atoms with Gasteiger partial charge in [0.2, 0.25) is 0 Å². The van der Waals surface area contributed by atoms with Crippen LogP contribution in [0.1, 0.15) is 32.8 Å². The number of aromatic nitrogens is 1. The zero-order valence-corrected chi connectivity index (χ0v) is 12.3. The van der Waals surface area contributed by atoms with E-state index in [9.17, 15) is 10.1 Å². The topological polar surface area (TPSA) is 77.3 Å². The molecule has 1 saturated carbocycles. The van der Waals surface area contributed by atoms with Crippen LogP contribution in [-0.2, 0) is 4.74 Å². The van der Waals surface area contributed by atoms with Crippen LogP contribution in [0.5, 0.6) is 0 Å². The quantitative estimate of drug-likeness (QED) is 0.662. The smallest absolute Gasteiger partial charge is 0.290 e. The maximum Gasteiger partial charge on any atom is 0.290 e. The number of hydrogen-bond donors (Lipinski definition) is 1. The molecule has 2 unspecified atom stereocenters. The minimum Gasteiger partial charge on any atom is -0.378 e. The summed E-state index contributed by atoms with van der Waals surface area (Å²) in [7, 11) is 0. The first kappa shape index (κ1) is 14.7. The Labute approximate surface area is 118 Å². The van der Waals surface area contributed by atoms with Crippen molar-refractivity contribution in [1.82, 2.24) is 4.98 Å². The number of hydrogen-bond acceptors (Lipinski definition) is 5. The summed E-state index contributed by atoms with van der Waals surface area (Å²) in [5, 5.41) is 14.1. The number of nitrogens with one attached hydrogen (secondary N) is 1. The van der Waals surface area contributed by atoms with Crippen LogP contribution in [0.3, 0.4) is 0 Å². The molecule has 0 saturated heterocycles. The van der Waals surface area contributed by atoms with E-state index in [1.54, 1.807) is 13.0 Å². The van der Waals surface area contributed by atoms with Gasteiger partial charge in [-0.25, -0.2) is 4.98 Å². The number of pyridine rings is 1. The normalized spacial score (nSPS) is 24.0. The minimum absolute atomic E-state index is 0.0351. The average molecular weight is 279 g/mol. The molecule has 0 aromatic carbocycles. The van der Waals surface area contributed by atoms with Gasteiger partial charge in [-0.2, -0.15) is 0 Å². The Hall–Kier alpha value is -1.69. The first-order valence-corrected chi connectivity index (χ1v) is 6.85. The first-order chi connectivity index (χ1) is 9.36. The van der Waals surface area contributed by atoms with Crippen molar-refractivity contribution in [2.24, 2.45) is 5.41 Å². The molecule has 2 rings (SSSR count). The molecular formula is C14H21N3O3. The fraction of sp³-hybridized carbons (Fsp3) is 0.643. The molecule has 1 aromatic heterocycles. The summed E-state index contributed by atoms with van der Waals surface area (Å²) in [6, 6.07) is 2.00. The molecule has 0 radical (unpaired) electrons. The Morgan fingerprint density at radius 1 is 1.60 bits per heavy atom. The van der Waals surface area contributed by atoms with E-state index in [2.05, 4.69) is 24.1 Å². The van der Waals surface area contributed by atoms with Crippen molar-refractivity contribution in [1.29, 1.82) is 0 Å². The molecule has 1 heterocycles. The molecule has 6 nitrogen and oxygen atoms in total. The van der Waals surface area contributed by atoms with E-state index in [0.29, 0.717) is 11.4 Å². The van der Waals surface area contributed by atoms with E-state index >= 15 is 0 Å². The van der Waals surface area contributed by atoms with Crippen LogP contribution < -0.4 is 5.32 Å². The zero-order valence-electron chi connectivity index (χ0n) is 12.3. The Morgan fingerprint density at radius 3 is 2.80 bits per heavy atom. The van der Waals surface area contributed by atoms with Gasteiger partial charge in [-0.05, 0) is 26.3 Å². The summed E-state index contributed by atoms with van der Waals surface area (Å²) in [5.41, 5.74) is 0.703. The van der Waals surface area contributed by atoms with Crippen LogP contribution in [0.2, 0.25) is 0 Å². The second-order valence-electron chi connectivity index (χ2n) is 5.81. The summed E-state index contributed by atoms with van der Waals surface area (Å²) in [4.78, 5) is 14.5. The fourth-order valence-electron chi connectivity index (χ4n) is 2.61. The van der Waals surface area contributed by atoms with Crippen LogP contribution >= 0.6 is 0 Å². The van der Waals surface area contributed by atoms with Gasteiger partial charge in [0.25, 0.3) is 5.69 Å². The van der Waals surface area contributed by atoms with Crippen LogP contribution in [0.15, 0.2) is 12.3 Å². The standard InChI is InChI=1S/C14H21N3O3/c1-5-20-12-7-11(14(12,3)4)16-13-6-9(2)10(8-15-13)17(18)19/h6,8,11-12H,5,7H2,1-4H3,(H,15,16). The van der Waals surface area contributed by atoms with Crippen LogP contribution in [0.4, 0.5) is 11.5 Å². The second kappa shape index (κ2) is 5.36. The zero-order chi connectivity index (χ0) is 14.9. The SMILES string of the molecule is CCOC1CC(Nc2cc(C)c([N+](=O)[O-])cn2)C1(C)C. The lowest BCUT2D eigenvalue weighted by Crippen LogP contribution is -2.58. The van der Waals surface area contributed by atoms with E-state index in [0.717, 1.165) is 13.0 Å². The monoisotopic (exact) mass is 279 g/mol. The molecule has 110 valence electrons. The summed E-state index contributed by atoms with van der Waals surface area (Å²) in [5.74, 6) is 0.682. The Kier molecular flexibility index (Phi) is 3.94. The minimum atomic E-state index is -0.412. The van der Waals surface area contributed by atoms with E-state index < -0.39 is 4.92 Å². The predicted octanol–water partition coefficient (Wildman–Crippen LogP) is 2.91. The van der Waals surface area contributed by atoms with Gasteiger partial charge in [0.15, 0.2) is 0 Å². The lowest BCUT2D eigenvalue weighted by atomic mass is 9.64. The van der Waals surface area contributed by atoms with Gasteiger partial charge in [0.05, 0.1) is 11.0 Å². The summed E-state index contributed by atoms with van der Waals surface area (Å²) >= 11 is 0. The van der Waals surface area contributed by atoms with Gasteiger partial charge in [-0.15, -0.1) is 0 Å². The number of aryl methyl sites for hydroxylation is 1. The number of ether oxygens (including phenoxy) is 1.